The van der Waals surface area contributed by atoms with Crippen LogP contribution in [0.2, 0.25) is 0 Å². The maximum absolute atomic E-state index is 11.9. The molecule has 1 fully saturated rings. The van der Waals surface area contributed by atoms with E-state index in [1.165, 1.54) is 0 Å². The summed E-state index contributed by atoms with van der Waals surface area (Å²) in [5.74, 6) is -0.843. The zero-order valence-corrected chi connectivity index (χ0v) is 17.8. The molecule has 164 valence electrons. The van der Waals surface area contributed by atoms with Crippen LogP contribution in [0.5, 0.6) is 5.75 Å². The van der Waals surface area contributed by atoms with Gasteiger partial charge in [0.15, 0.2) is 6.61 Å². The Kier molecular flexibility index (Phi) is 8.38. The van der Waals surface area contributed by atoms with Crippen LogP contribution in [0.25, 0.3) is 0 Å². The molecular formula is C22H30N2O6. The standard InChI is InChI=1S/C22H30N2O6/c1-22(2,3)30-20(27)6-4-5-13-23-19(26)14-29-16-9-7-15(8-10-16)17-11-12-18(25)24-21(17)28/h7-10,17H,4-6,11-14H2,1-3H3,(H,23,26)(H,24,25,28). The summed E-state index contributed by atoms with van der Waals surface area (Å²) in [7, 11) is 0. The number of piperidine rings is 1. The molecule has 1 saturated heterocycles. The third-order valence-corrected chi connectivity index (χ3v) is 4.44. The fourth-order valence-corrected chi connectivity index (χ4v) is 3.02. The highest BCUT2D eigenvalue weighted by atomic mass is 16.6. The lowest BCUT2D eigenvalue weighted by atomic mass is 9.90. The first-order chi connectivity index (χ1) is 14.1. The van der Waals surface area contributed by atoms with Crippen LogP contribution in [-0.4, -0.2) is 42.4 Å². The Labute approximate surface area is 176 Å². The normalized spacial score (nSPS) is 16.6. The van der Waals surface area contributed by atoms with E-state index in [4.69, 9.17) is 9.47 Å². The van der Waals surface area contributed by atoms with Crippen LogP contribution in [0, 0.1) is 0 Å². The van der Waals surface area contributed by atoms with Gasteiger partial charge in [0.25, 0.3) is 5.91 Å². The van der Waals surface area contributed by atoms with Crippen molar-refractivity contribution in [2.75, 3.05) is 13.2 Å². The minimum absolute atomic E-state index is 0.121. The summed E-state index contributed by atoms with van der Waals surface area (Å²) in [5, 5.41) is 5.09. The Bertz CT molecular complexity index is 767. The number of carbonyl (C=O) groups is 4. The SMILES string of the molecule is CC(C)(C)OC(=O)CCCCNC(=O)COc1ccc(C2CCC(=O)NC2=O)cc1. The molecule has 1 unspecified atom stereocenters. The van der Waals surface area contributed by atoms with Gasteiger partial charge in [0.1, 0.15) is 11.4 Å². The summed E-state index contributed by atoms with van der Waals surface area (Å²) in [6.45, 7) is 5.82. The van der Waals surface area contributed by atoms with E-state index in [-0.39, 0.29) is 36.2 Å². The van der Waals surface area contributed by atoms with Gasteiger partial charge in [-0.05, 0) is 57.7 Å². The molecule has 8 heteroatoms. The molecule has 1 aliphatic heterocycles. The first kappa shape index (κ1) is 23.4. The number of amides is 3. The molecule has 3 amide bonds. The second-order valence-corrected chi connectivity index (χ2v) is 8.25. The molecule has 0 aliphatic carbocycles. The summed E-state index contributed by atoms with van der Waals surface area (Å²) >= 11 is 0. The molecule has 1 heterocycles. The Hall–Kier alpha value is -2.90. The van der Waals surface area contributed by atoms with Crippen molar-refractivity contribution in [3.05, 3.63) is 29.8 Å². The molecular weight excluding hydrogens is 388 g/mol. The van der Waals surface area contributed by atoms with E-state index in [1.54, 1.807) is 24.3 Å². The molecule has 0 radical (unpaired) electrons. The maximum Gasteiger partial charge on any atom is 0.306 e. The van der Waals surface area contributed by atoms with E-state index in [9.17, 15) is 19.2 Å². The van der Waals surface area contributed by atoms with Crippen LogP contribution in [0.1, 0.15) is 64.4 Å². The van der Waals surface area contributed by atoms with E-state index in [0.717, 1.165) is 5.56 Å². The van der Waals surface area contributed by atoms with Gasteiger partial charge in [0, 0.05) is 19.4 Å². The van der Waals surface area contributed by atoms with E-state index >= 15 is 0 Å². The number of unbranched alkanes of at least 4 members (excludes halogenated alkanes) is 1. The number of benzene rings is 1. The summed E-state index contributed by atoms with van der Waals surface area (Å²) in [5.41, 5.74) is 0.324. The summed E-state index contributed by atoms with van der Waals surface area (Å²) in [6, 6.07) is 6.94. The molecule has 1 aliphatic rings. The van der Waals surface area contributed by atoms with Crippen molar-refractivity contribution in [2.45, 2.75) is 64.4 Å². The van der Waals surface area contributed by atoms with Gasteiger partial charge in [-0.2, -0.15) is 0 Å². The van der Waals surface area contributed by atoms with Crippen LogP contribution in [0.15, 0.2) is 24.3 Å². The fraction of sp³-hybridized carbons (Fsp3) is 0.545. The lowest BCUT2D eigenvalue weighted by Crippen LogP contribution is -2.39. The Balaban J connectivity index is 1.63. The first-order valence-corrected chi connectivity index (χ1v) is 10.2. The molecule has 1 aromatic rings. The fourth-order valence-electron chi connectivity index (χ4n) is 3.02. The number of carbonyl (C=O) groups excluding carboxylic acids is 4. The molecule has 0 aromatic heterocycles. The maximum atomic E-state index is 11.9. The van der Waals surface area contributed by atoms with Crippen molar-refractivity contribution < 1.29 is 28.7 Å². The molecule has 1 atom stereocenters. The Morgan fingerprint density at radius 1 is 1.13 bits per heavy atom. The van der Waals surface area contributed by atoms with Gasteiger partial charge in [-0.3, -0.25) is 24.5 Å². The number of nitrogens with one attached hydrogen (secondary N) is 2. The quantitative estimate of drug-likeness (QED) is 0.361. The van der Waals surface area contributed by atoms with Gasteiger partial charge in [0.2, 0.25) is 11.8 Å². The summed E-state index contributed by atoms with van der Waals surface area (Å²) < 4.78 is 10.7. The highest BCUT2D eigenvalue weighted by molar-refractivity contribution is 6.00. The molecule has 2 rings (SSSR count). The molecule has 0 saturated carbocycles. The van der Waals surface area contributed by atoms with Crippen LogP contribution >= 0.6 is 0 Å². The molecule has 30 heavy (non-hydrogen) atoms. The largest absolute Gasteiger partial charge is 0.484 e. The lowest BCUT2D eigenvalue weighted by Gasteiger charge is -2.21. The highest BCUT2D eigenvalue weighted by Gasteiger charge is 2.27. The highest BCUT2D eigenvalue weighted by Crippen LogP contribution is 2.26. The van der Waals surface area contributed by atoms with Crippen LogP contribution < -0.4 is 15.4 Å². The van der Waals surface area contributed by atoms with E-state index in [2.05, 4.69) is 10.6 Å². The van der Waals surface area contributed by atoms with Crippen molar-refractivity contribution in [3.63, 3.8) is 0 Å². The number of rotatable bonds is 9. The van der Waals surface area contributed by atoms with Crippen LogP contribution in [0.4, 0.5) is 0 Å². The average molecular weight is 418 g/mol. The minimum Gasteiger partial charge on any atom is -0.484 e. The molecule has 0 spiro atoms. The van der Waals surface area contributed by atoms with Crippen LogP contribution in [-0.2, 0) is 23.9 Å². The second-order valence-electron chi connectivity index (χ2n) is 8.25. The van der Waals surface area contributed by atoms with Crippen molar-refractivity contribution in [1.29, 1.82) is 0 Å². The predicted octanol–water partition coefficient (Wildman–Crippen LogP) is 2.21. The van der Waals surface area contributed by atoms with Gasteiger partial charge in [-0.15, -0.1) is 0 Å². The van der Waals surface area contributed by atoms with E-state index in [0.29, 0.717) is 44.4 Å². The molecule has 2 N–H and O–H groups in total. The number of ether oxygens (including phenoxy) is 2. The molecule has 1 aromatic carbocycles. The van der Waals surface area contributed by atoms with E-state index in [1.807, 2.05) is 20.8 Å². The summed E-state index contributed by atoms with van der Waals surface area (Å²) in [4.78, 5) is 46.6. The van der Waals surface area contributed by atoms with Crippen molar-refractivity contribution in [2.24, 2.45) is 0 Å². The lowest BCUT2D eigenvalue weighted by molar-refractivity contribution is -0.155. The number of esters is 1. The first-order valence-electron chi connectivity index (χ1n) is 10.2. The number of imide groups is 1. The van der Waals surface area contributed by atoms with Gasteiger partial charge in [0.05, 0.1) is 5.92 Å². The molecule has 8 nitrogen and oxygen atoms in total. The molecule has 0 bridgehead atoms. The predicted molar refractivity (Wildman–Crippen MR) is 110 cm³/mol. The third-order valence-electron chi connectivity index (χ3n) is 4.44. The Morgan fingerprint density at radius 3 is 2.47 bits per heavy atom. The average Bonchev–Trinajstić information content (AvgIpc) is 2.65. The van der Waals surface area contributed by atoms with Gasteiger partial charge in [-0.1, -0.05) is 12.1 Å². The van der Waals surface area contributed by atoms with Gasteiger partial charge >= 0.3 is 5.97 Å². The monoisotopic (exact) mass is 418 g/mol. The number of hydrogen-bond donors (Lipinski definition) is 2. The van der Waals surface area contributed by atoms with Crippen molar-refractivity contribution in [3.8, 4) is 5.75 Å². The smallest absolute Gasteiger partial charge is 0.306 e. The van der Waals surface area contributed by atoms with E-state index < -0.39 is 5.60 Å². The second kappa shape index (κ2) is 10.8. The minimum atomic E-state index is -0.483. The van der Waals surface area contributed by atoms with Crippen molar-refractivity contribution >= 4 is 23.7 Å². The topological polar surface area (TPSA) is 111 Å². The Morgan fingerprint density at radius 2 is 1.83 bits per heavy atom. The van der Waals surface area contributed by atoms with Crippen LogP contribution in [0.3, 0.4) is 0 Å². The zero-order valence-electron chi connectivity index (χ0n) is 17.8. The van der Waals surface area contributed by atoms with Gasteiger partial charge in [-0.25, -0.2) is 0 Å². The van der Waals surface area contributed by atoms with Gasteiger partial charge < -0.3 is 14.8 Å². The number of hydrogen-bond acceptors (Lipinski definition) is 6. The third kappa shape index (κ3) is 8.23. The van der Waals surface area contributed by atoms with Crippen molar-refractivity contribution in [1.82, 2.24) is 10.6 Å². The summed E-state index contributed by atoms with van der Waals surface area (Å²) in [6.07, 6.45) is 2.44. The zero-order chi connectivity index (χ0) is 22.1.